The molecule has 0 bridgehead atoms. The molecule has 0 aliphatic rings. The molecule has 0 aromatic rings. The van der Waals surface area contributed by atoms with E-state index in [2.05, 4.69) is 0 Å². The van der Waals surface area contributed by atoms with Crippen molar-refractivity contribution in [2.75, 3.05) is 0 Å². The summed E-state index contributed by atoms with van der Waals surface area (Å²) in [6, 6.07) is 0. The van der Waals surface area contributed by atoms with Crippen LogP contribution < -0.4 is 0 Å². The van der Waals surface area contributed by atoms with Crippen molar-refractivity contribution in [1.82, 2.24) is 0 Å². The first-order chi connectivity index (χ1) is 2.00. The molecular formula is BaIrO4S+3. The van der Waals surface area contributed by atoms with E-state index in [0.29, 0.717) is 0 Å². The van der Waals surface area contributed by atoms with Gasteiger partial charge in [-0.2, -0.15) is 0 Å². The second-order valence-corrected chi connectivity index (χ2v) is 1.22. The number of hydrogen-bond acceptors (Lipinski definition) is 4. The second kappa shape index (κ2) is 6.21. The molecule has 0 atom stereocenters. The Kier molecular flexibility index (Phi) is 14.2. The predicted octanol–water partition coefficient (Wildman–Crippen LogP) is -1.72. The van der Waals surface area contributed by atoms with Crippen LogP contribution in [0.1, 0.15) is 0 Å². The monoisotopic (exact) mass is 427 g/mol. The molecule has 0 rings (SSSR count). The summed E-state index contributed by atoms with van der Waals surface area (Å²) in [6.45, 7) is 0. The van der Waals surface area contributed by atoms with E-state index in [-0.39, 0.29) is 69.0 Å². The minimum absolute atomic E-state index is 0. The maximum Gasteiger partial charge on any atom is 3.00 e. The Morgan fingerprint density at radius 3 is 1.14 bits per heavy atom. The largest absolute Gasteiger partial charge is 3.00 e. The molecule has 0 spiro atoms. The molecule has 0 heterocycles. The Hall–Kier alpha value is 2.09. The van der Waals surface area contributed by atoms with Gasteiger partial charge in [-0.05, 0) is 0 Å². The van der Waals surface area contributed by atoms with Gasteiger partial charge in [0, 0.05) is 10.4 Å². The van der Waals surface area contributed by atoms with E-state index < -0.39 is 10.4 Å². The van der Waals surface area contributed by atoms with Crippen LogP contribution in [0, 0.1) is 0 Å². The first kappa shape index (κ1) is 16.0. The van der Waals surface area contributed by atoms with E-state index in [0.717, 1.165) is 0 Å². The van der Waals surface area contributed by atoms with Gasteiger partial charge in [-0.15, -0.1) is 0 Å². The van der Waals surface area contributed by atoms with Crippen molar-refractivity contribution in [1.29, 1.82) is 0 Å². The van der Waals surface area contributed by atoms with E-state index in [1.807, 2.05) is 0 Å². The second-order valence-electron chi connectivity index (χ2n) is 0.408. The fourth-order valence-electron chi connectivity index (χ4n) is 0. The van der Waals surface area contributed by atoms with Crippen molar-refractivity contribution in [3.05, 3.63) is 0 Å². The van der Waals surface area contributed by atoms with Crippen LogP contribution in [0.3, 0.4) is 0 Å². The first-order valence-corrected chi connectivity index (χ1v) is 2.00. The fourth-order valence-corrected chi connectivity index (χ4v) is 0. The quantitative estimate of drug-likeness (QED) is 0.263. The summed E-state index contributed by atoms with van der Waals surface area (Å²) in [5, 5.41) is 0. The zero-order chi connectivity index (χ0) is 4.50. The predicted molar refractivity (Wildman–Crippen MR) is 16.2 cm³/mol. The van der Waals surface area contributed by atoms with Gasteiger partial charge in [-0.1, -0.05) is 0 Å². The van der Waals surface area contributed by atoms with Gasteiger partial charge in [0.15, 0.2) is 0 Å². The third kappa shape index (κ3) is 68.7. The zero-order valence-electron chi connectivity index (χ0n) is 3.08. The summed E-state index contributed by atoms with van der Waals surface area (Å²) < 4.78 is 34.1. The summed E-state index contributed by atoms with van der Waals surface area (Å²) in [4.78, 5) is 0. The normalized spacial score (nSPS) is 8.29. The number of rotatable bonds is 0. The Morgan fingerprint density at radius 1 is 1.14 bits per heavy atom. The SMILES string of the molecule is O=S(=O)([O-])[O-].[Ba+2].[Ir+3]. The molecular weight excluding hydrogens is 426 g/mol. The summed E-state index contributed by atoms with van der Waals surface area (Å²) in [5.74, 6) is 0. The van der Waals surface area contributed by atoms with Crippen LogP contribution in [0.4, 0.5) is 0 Å². The van der Waals surface area contributed by atoms with Crippen molar-refractivity contribution < 1.29 is 37.6 Å². The van der Waals surface area contributed by atoms with Gasteiger partial charge >= 0.3 is 69.0 Å². The minimum atomic E-state index is -5.17. The molecule has 0 radical (unpaired) electrons. The van der Waals surface area contributed by atoms with Gasteiger partial charge < -0.3 is 9.11 Å². The molecule has 0 saturated carbocycles. The van der Waals surface area contributed by atoms with E-state index >= 15 is 0 Å². The van der Waals surface area contributed by atoms with Crippen LogP contribution >= 0.6 is 0 Å². The Morgan fingerprint density at radius 2 is 1.14 bits per heavy atom. The maximum atomic E-state index is 8.52. The van der Waals surface area contributed by atoms with E-state index in [9.17, 15) is 0 Å². The van der Waals surface area contributed by atoms with Crippen LogP contribution in [-0.2, 0) is 30.5 Å². The van der Waals surface area contributed by atoms with Crippen molar-refractivity contribution in [2.45, 2.75) is 0 Å². The molecule has 0 unspecified atom stereocenters. The zero-order valence-corrected chi connectivity index (χ0v) is 10.7. The van der Waals surface area contributed by atoms with Gasteiger partial charge in [-0.3, -0.25) is 8.42 Å². The standard InChI is InChI=1S/Ba.Ir.H2O4S/c;;1-5(2,3)4/h;;(H2,1,2,3,4)/q+2;+3;/p-2. The maximum absolute atomic E-state index is 8.52. The van der Waals surface area contributed by atoms with Gasteiger partial charge in [0.25, 0.3) is 0 Å². The van der Waals surface area contributed by atoms with Crippen LogP contribution in [0.2, 0.25) is 0 Å². The smallest absolute Gasteiger partial charge is 0.759 e. The molecule has 0 saturated heterocycles. The summed E-state index contributed by atoms with van der Waals surface area (Å²) in [7, 11) is -5.17. The average molecular weight is 426 g/mol. The fraction of sp³-hybridized carbons (Fsp3) is 0. The molecule has 7 heteroatoms. The Bertz CT molecular complexity index is 94.9. The molecule has 0 fully saturated rings. The Balaban J connectivity index is -0.0000000800. The molecule has 7 heavy (non-hydrogen) atoms. The topological polar surface area (TPSA) is 80.3 Å². The molecule has 0 aromatic carbocycles. The van der Waals surface area contributed by atoms with E-state index in [4.69, 9.17) is 17.5 Å². The van der Waals surface area contributed by atoms with Crippen LogP contribution in [0.5, 0.6) is 0 Å². The van der Waals surface area contributed by atoms with Crippen molar-refractivity contribution in [2.24, 2.45) is 0 Å². The molecule has 38 valence electrons. The molecule has 0 aromatic heterocycles. The van der Waals surface area contributed by atoms with Gasteiger partial charge in [0.2, 0.25) is 0 Å². The minimum Gasteiger partial charge on any atom is -0.759 e. The number of hydrogen-bond donors (Lipinski definition) is 0. The molecule has 0 amide bonds. The summed E-state index contributed by atoms with van der Waals surface area (Å²) in [5.41, 5.74) is 0. The molecule has 0 aliphatic carbocycles. The summed E-state index contributed by atoms with van der Waals surface area (Å²) >= 11 is 0. The van der Waals surface area contributed by atoms with Crippen molar-refractivity contribution >= 4 is 59.3 Å². The third-order valence-corrected chi connectivity index (χ3v) is 0. The molecule has 0 N–H and O–H groups in total. The van der Waals surface area contributed by atoms with Crippen molar-refractivity contribution in [3.8, 4) is 0 Å². The Labute approximate surface area is 95.1 Å². The van der Waals surface area contributed by atoms with Gasteiger partial charge in [-0.25, -0.2) is 0 Å². The molecule has 4 nitrogen and oxygen atoms in total. The van der Waals surface area contributed by atoms with Crippen LogP contribution in [0.15, 0.2) is 0 Å². The van der Waals surface area contributed by atoms with Crippen LogP contribution in [-0.4, -0.2) is 66.4 Å². The van der Waals surface area contributed by atoms with Gasteiger partial charge in [0.1, 0.15) is 0 Å². The van der Waals surface area contributed by atoms with E-state index in [1.165, 1.54) is 0 Å². The van der Waals surface area contributed by atoms with E-state index in [1.54, 1.807) is 0 Å². The third-order valence-electron chi connectivity index (χ3n) is 0. The van der Waals surface area contributed by atoms with Crippen molar-refractivity contribution in [3.63, 3.8) is 0 Å². The van der Waals surface area contributed by atoms with Gasteiger partial charge in [0.05, 0.1) is 0 Å². The average Bonchev–Trinajstić information content (AvgIpc) is 0.722. The molecule has 0 aliphatic heterocycles. The van der Waals surface area contributed by atoms with Crippen LogP contribution in [0.25, 0.3) is 0 Å². The summed E-state index contributed by atoms with van der Waals surface area (Å²) in [6.07, 6.45) is 0. The first-order valence-electron chi connectivity index (χ1n) is 0.667.